The van der Waals surface area contributed by atoms with Gasteiger partial charge in [-0.15, -0.1) is 0 Å². The summed E-state index contributed by atoms with van der Waals surface area (Å²) >= 11 is 0. The van der Waals surface area contributed by atoms with Crippen LogP contribution in [0.2, 0.25) is 0 Å². The third-order valence-electron chi connectivity index (χ3n) is 2.98. The van der Waals surface area contributed by atoms with Crippen LogP contribution < -0.4 is 10.1 Å². The van der Waals surface area contributed by atoms with Crippen LogP contribution >= 0.6 is 0 Å². The first-order valence-electron chi connectivity index (χ1n) is 7.14. The highest BCUT2D eigenvalue weighted by Crippen LogP contribution is 2.32. The number of anilines is 1. The zero-order valence-electron chi connectivity index (χ0n) is 12.6. The molecule has 0 radical (unpaired) electrons. The van der Waals surface area contributed by atoms with Crippen molar-refractivity contribution in [3.05, 3.63) is 42.0 Å². The first-order chi connectivity index (χ1) is 10.1. The van der Waals surface area contributed by atoms with E-state index in [1.165, 1.54) is 18.5 Å². The second-order valence-corrected chi connectivity index (χ2v) is 5.08. The van der Waals surface area contributed by atoms with E-state index in [4.69, 9.17) is 4.74 Å². The van der Waals surface area contributed by atoms with E-state index >= 15 is 0 Å². The Balaban J connectivity index is 2.33. The molecule has 1 heterocycles. The molecule has 0 bridgehead atoms. The van der Waals surface area contributed by atoms with Crippen LogP contribution in [0.5, 0.6) is 11.6 Å². The van der Waals surface area contributed by atoms with E-state index in [1.807, 2.05) is 13.8 Å². The van der Waals surface area contributed by atoms with Crippen molar-refractivity contribution in [1.29, 1.82) is 0 Å². The molecule has 0 atom stereocenters. The van der Waals surface area contributed by atoms with Crippen molar-refractivity contribution < 1.29 is 9.13 Å². The zero-order valence-corrected chi connectivity index (χ0v) is 12.6. The van der Waals surface area contributed by atoms with Gasteiger partial charge in [-0.25, -0.2) is 14.4 Å². The lowest BCUT2D eigenvalue weighted by molar-refractivity contribution is 0.447. The van der Waals surface area contributed by atoms with Gasteiger partial charge in [0.25, 0.3) is 0 Å². The molecule has 1 N–H and O–H groups in total. The molecule has 1 aromatic carbocycles. The summed E-state index contributed by atoms with van der Waals surface area (Å²) in [5, 5.41) is 3.28. The highest BCUT2D eigenvalue weighted by molar-refractivity contribution is 5.51. The fraction of sp³-hybridized carbons (Fsp3) is 0.375. The summed E-state index contributed by atoms with van der Waals surface area (Å²) in [7, 11) is 0. The average Bonchev–Trinajstić information content (AvgIpc) is 2.45. The lowest BCUT2D eigenvalue weighted by Crippen LogP contribution is -2.08. The number of aromatic nitrogens is 2. The second-order valence-electron chi connectivity index (χ2n) is 5.08. The second kappa shape index (κ2) is 7.02. The Morgan fingerprint density at radius 2 is 2.10 bits per heavy atom. The van der Waals surface area contributed by atoms with Crippen LogP contribution in [0, 0.1) is 5.82 Å². The van der Waals surface area contributed by atoms with Crippen molar-refractivity contribution in [2.24, 2.45) is 0 Å². The topological polar surface area (TPSA) is 47.0 Å². The molecule has 21 heavy (non-hydrogen) atoms. The molecule has 0 saturated carbocycles. The summed E-state index contributed by atoms with van der Waals surface area (Å²) < 4.78 is 19.0. The van der Waals surface area contributed by atoms with Gasteiger partial charge < -0.3 is 10.1 Å². The molecule has 0 amide bonds. The van der Waals surface area contributed by atoms with Crippen LogP contribution in [-0.4, -0.2) is 16.5 Å². The Morgan fingerprint density at radius 3 is 2.76 bits per heavy atom. The summed E-state index contributed by atoms with van der Waals surface area (Å²) in [6.07, 6.45) is 2.46. The molecule has 2 rings (SSSR count). The fourth-order valence-corrected chi connectivity index (χ4v) is 2.01. The summed E-state index contributed by atoms with van der Waals surface area (Å²) in [5.74, 6) is 1.51. The molecule has 0 aliphatic heterocycles. The monoisotopic (exact) mass is 289 g/mol. The Kier molecular flexibility index (Phi) is 5.09. The van der Waals surface area contributed by atoms with Crippen molar-refractivity contribution in [2.75, 3.05) is 11.9 Å². The van der Waals surface area contributed by atoms with Gasteiger partial charge in [-0.3, -0.25) is 0 Å². The van der Waals surface area contributed by atoms with Crippen molar-refractivity contribution in [3.63, 3.8) is 0 Å². The number of nitrogens with one attached hydrogen (secondary N) is 1. The van der Waals surface area contributed by atoms with Gasteiger partial charge in [0.05, 0.1) is 5.56 Å². The molecule has 0 aliphatic carbocycles. The maximum absolute atomic E-state index is 13.2. The third kappa shape index (κ3) is 3.90. The Hall–Kier alpha value is -2.17. The Labute approximate surface area is 124 Å². The highest BCUT2D eigenvalue weighted by Gasteiger charge is 2.16. The zero-order chi connectivity index (χ0) is 15.2. The fourth-order valence-electron chi connectivity index (χ4n) is 2.01. The molecular weight excluding hydrogens is 269 g/mol. The lowest BCUT2D eigenvalue weighted by Gasteiger charge is -2.16. The van der Waals surface area contributed by atoms with E-state index in [0.29, 0.717) is 11.6 Å². The SMILES string of the molecule is CCCNc1ncnc(Oc2cccc(F)c2)c1C(C)C. The number of halogens is 1. The van der Waals surface area contributed by atoms with E-state index in [0.717, 1.165) is 24.3 Å². The first-order valence-corrected chi connectivity index (χ1v) is 7.14. The molecule has 2 aromatic rings. The van der Waals surface area contributed by atoms with Crippen molar-refractivity contribution in [1.82, 2.24) is 9.97 Å². The van der Waals surface area contributed by atoms with Crippen LogP contribution in [0.25, 0.3) is 0 Å². The molecule has 0 fully saturated rings. The largest absolute Gasteiger partial charge is 0.438 e. The molecule has 0 aliphatic rings. The number of hydrogen-bond acceptors (Lipinski definition) is 4. The normalized spacial score (nSPS) is 10.7. The molecule has 1 aromatic heterocycles. The van der Waals surface area contributed by atoms with Gasteiger partial charge in [-0.1, -0.05) is 26.8 Å². The van der Waals surface area contributed by atoms with E-state index in [-0.39, 0.29) is 11.7 Å². The van der Waals surface area contributed by atoms with E-state index in [2.05, 4.69) is 22.2 Å². The molecule has 0 spiro atoms. The number of ether oxygens (including phenoxy) is 1. The van der Waals surface area contributed by atoms with Crippen molar-refractivity contribution in [2.45, 2.75) is 33.1 Å². The Bertz CT molecular complexity index is 602. The predicted octanol–water partition coefficient (Wildman–Crippen LogP) is 4.35. The maximum atomic E-state index is 13.2. The van der Waals surface area contributed by atoms with E-state index < -0.39 is 0 Å². The Morgan fingerprint density at radius 1 is 1.29 bits per heavy atom. The van der Waals surface area contributed by atoms with Gasteiger partial charge in [-0.05, 0) is 24.5 Å². The van der Waals surface area contributed by atoms with Crippen LogP contribution in [0.4, 0.5) is 10.2 Å². The van der Waals surface area contributed by atoms with Gasteiger partial charge >= 0.3 is 0 Å². The standard InChI is InChI=1S/C16H20FN3O/c1-4-8-18-15-14(11(2)3)16(20-10-19-15)21-13-7-5-6-12(17)9-13/h5-7,9-11H,4,8H2,1-3H3,(H,18,19,20). The van der Waals surface area contributed by atoms with Gasteiger partial charge in [0.2, 0.25) is 5.88 Å². The maximum Gasteiger partial charge on any atom is 0.227 e. The summed E-state index contributed by atoms with van der Waals surface area (Å²) in [6, 6.07) is 6.03. The van der Waals surface area contributed by atoms with Crippen LogP contribution in [0.1, 0.15) is 38.7 Å². The summed E-state index contributed by atoms with van der Waals surface area (Å²) in [4.78, 5) is 8.48. The number of benzene rings is 1. The van der Waals surface area contributed by atoms with Gasteiger partial charge in [-0.2, -0.15) is 0 Å². The minimum Gasteiger partial charge on any atom is -0.438 e. The third-order valence-corrected chi connectivity index (χ3v) is 2.98. The van der Waals surface area contributed by atoms with E-state index in [9.17, 15) is 4.39 Å². The number of rotatable bonds is 6. The minimum atomic E-state index is -0.336. The first kappa shape index (κ1) is 15.2. The summed E-state index contributed by atoms with van der Waals surface area (Å²) in [6.45, 7) is 7.02. The van der Waals surface area contributed by atoms with Gasteiger partial charge in [0.15, 0.2) is 0 Å². The minimum absolute atomic E-state index is 0.189. The van der Waals surface area contributed by atoms with Crippen molar-refractivity contribution in [3.8, 4) is 11.6 Å². The van der Waals surface area contributed by atoms with Crippen LogP contribution in [0.15, 0.2) is 30.6 Å². The smallest absolute Gasteiger partial charge is 0.227 e. The lowest BCUT2D eigenvalue weighted by atomic mass is 10.1. The summed E-state index contributed by atoms with van der Waals surface area (Å²) in [5.41, 5.74) is 0.898. The van der Waals surface area contributed by atoms with Gasteiger partial charge in [0.1, 0.15) is 23.7 Å². The van der Waals surface area contributed by atoms with Crippen LogP contribution in [-0.2, 0) is 0 Å². The average molecular weight is 289 g/mol. The molecule has 5 heteroatoms. The highest BCUT2D eigenvalue weighted by atomic mass is 19.1. The predicted molar refractivity (Wildman–Crippen MR) is 81.4 cm³/mol. The molecule has 0 unspecified atom stereocenters. The van der Waals surface area contributed by atoms with Crippen molar-refractivity contribution >= 4 is 5.82 Å². The number of hydrogen-bond donors (Lipinski definition) is 1. The van der Waals surface area contributed by atoms with Gasteiger partial charge in [0, 0.05) is 12.6 Å². The molecule has 112 valence electrons. The number of nitrogens with zero attached hydrogens (tertiary/aromatic N) is 2. The van der Waals surface area contributed by atoms with Crippen LogP contribution in [0.3, 0.4) is 0 Å². The molecule has 0 saturated heterocycles. The quantitative estimate of drug-likeness (QED) is 0.858. The van der Waals surface area contributed by atoms with E-state index in [1.54, 1.807) is 12.1 Å². The molecule has 4 nitrogen and oxygen atoms in total. The molecular formula is C16H20FN3O.